The molecule has 0 N–H and O–H groups in total. The first-order valence-electron chi connectivity index (χ1n) is 19.1. The Kier molecular flexibility index (Phi) is 7.74. The summed E-state index contributed by atoms with van der Waals surface area (Å²) in [5, 5.41) is 7.35. The third-order valence-corrected chi connectivity index (χ3v) is 10.9. The fraction of sp³-hybridized carbons (Fsp3) is 0. The molecule has 0 spiro atoms. The van der Waals surface area contributed by atoms with Gasteiger partial charge in [0.2, 0.25) is 0 Å². The highest BCUT2D eigenvalue weighted by Gasteiger charge is 2.16. The van der Waals surface area contributed by atoms with Gasteiger partial charge in [0, 0.05) is 28.2 Å². The molecule has 0 aliphatic heterocycles. The van der Waals surface area contributed by atoms with Crippen LogP contribution in [0.1, 0.15) is 0 Å². The molecule has 0 unspecified atom stereocenters. The molecule has 11 rings (SSSR count). The molecule has 0 aliphatic rings. The molecule has 0 aliphatic carbocycles. The van der Waals surface area contributed by atoms with E-state index >= 15 is 0 Å². The molecular weight excluding hydrogens is 695 g/mol. The van der Waals surface area contributed by atoms with E-state index in [1.807, 2.05) is 60.9 Å². The molecule has 0 amide bonds. The first-order valence-corrected chi connectivity index (χ1v) is 19.1. The molecule has 0 radical (unpaired) electrons. The van der Waals surface area contributed by atoms with Gasteiger partial charge >= 0.3 is 0 Å². The molecule has 0 bridgehead atoms. The van der Waals surface area contributed by atoms with Crippen LogP contribution in [0.15, 0.2) is 200 Å². The minimum absolute atomic E-state index is 0.842. The number of fused-ring (bicyclic) bond motifs is 6. The van der Waals surface area contributed by atoms with Crippen molar-refractivity contribution in [2.24, 2.45) is 0 Å². The van der Waals surface area contributed by atoms with Crippen LogP contribution in [0.25, 0.3) is 88.0 Å². The van der Waals surface area contributed by atoms with Crippen LogP contribution in [0.3, 0.4) is 0 Å². The SMILES string of the molecule is c1ccc2cc(-c3ccc4c(ccc5cc(N(c6ccc(-c7cnc8ccccc8n7)cc6)c6ccc(-c7cnc8ccccc8n7)cc6)ccc54)c3)ccc2c1. The first kappa shape index (κ1) is 32.7. The maximum absolute atomic E-state index is 4.90. The Balaban J connectivity index is 0.981. The van der Waals surface area contributed by atoms with Crippen molar-refractivity contribution < 1.29 is 0 Å². The first-order chi connectivity index (χ1) is 28.2. The van der Waals surface area contributed by atoms with Crippen molar-refractivity contribution in [1.29, 1.82) is 0 Å². The largest absolute Gasteiger partial charge is 0.310 e. The van der Waals surface area contributed by atoms with Crippen LogP contribution in [0.5, 0.6) is 0 Å². The van der Waals surface area contributed by atoms with E-state index < -0.39 is 0 Å². The van der Waals surface area contributed by atoms with Crippen molar-refractivity contribution in [2.75, 3.05) is 4.90 Å². The smallest absolute Gasteiger partial charge is 0.0894 e. The second-order valence-corrected chi connectivity index (χ2v) is 14.4. The lowest BCUT2D eigenvalue weighted by Crippen LogP contribution is -2.10. The average Bonchev–Trinajstić information content (AvgIpc) is 3.29. The van der Waals surface area contributed by atoms with Gasteiger partial charge in [-0.3, -0.25) is 9.97 Å². The monoisotopic (exact) mass is 727 g/mol. The summed E-state index contributed by atoms with van der Waals surface area (Å²) < 4.78 is 0. The minimum Gasteiger partial charge on any atom is -0.310 e. The van der Waals surface area contributed by atoms with Gasteiger partial charge < -0.3 is 4.90 Å². The quantitative estimate of drug-likeness (QED) is 0.160. The normalized spacial score (nSPS) is 11.5. The number of anilines is 3. The Morgan fingerprint density at radius 2 is 0.719 bits per heavy atom. The lowest BCUT2D eigenvalue weighted by atomic mass is 9.96. The van der Waals surface area contributed by atoms with Gasteiger partial charge in [0.05, 0.1) is 45.8 Å². The van der Waals surface area contributed by atoms with Crippen LogP contribution in [0, 0.1) is 0 Å². The number of hydrogen-bond donors (Lipinski definition) is 0. The predicted octanol–water partition coefficient (Wildman–Crippen LogP) is 13.5. The molecule has 9 aromatic carbocycles. The molecule has 0 atom stereocenters. The van der Waals surface area contributed by atoms with Gasteiger partial charge in [0.15, 0.2) is 0 Å². The van der Waals surface area contributed by atoms with Crippen molar-refractivity contribution in [3.05, 3.63) is 200 Å². The molecule has 5 heteroatoms. The summed E-state index contributed by atoms with van der Waals surface area (Å²) in [7, 11) is 0. The Morgan fingerprint density at radius 1 is 0.298 bits per heavy atom. The number of para-hydroxylation sites is 4. The van der Waals surface area contributed by atoms with Crippen LogP contribution >= 0.6 is 0 Å². The van der Waals surface area contributed by atoms with E-state index in [2.05, 4.69) is 154 Å². The van der Waals surface area contributed by atoms with Crippen LogP contribution < -0.4 is 4.90 Å². The number of rotatable bonds is 6. The molecule has 0 fully saturated rings. The van der Waals surface area contributed by atoms with Gasteiger partial charge in [-0.05, 0) is 116 Å². The zero-order valence-corrected chi connectivity index (χ0v) is 30.8. The van der Waals surface area contributed by atoms with Gasteiger partial charge in [-0.1, -0.05) is 115 Å². The third kappa shape index (κ3) is 5.99. The maximum atomic E-state index is 4.90. The number of nitrogens with zero attached hydrogens (tertiary/aromatic N) is 5. The summed E-state index contributed by atoms with van der Waals surface area (Å²) in [5.74, 6) is 0. The topological polar surface area (TPSA) is 54.8 Å². The van der Waals surface area contributed by atoms with E-state index in [1.54, 1.807) is 0 Å². The van der Waals surface area contributed by atoms with Gasteiger partial charge in [0.25, 0.3) is 0 Å². The van der Waals surface area contributed by atoms with Gasteiger partial charge in [-0.15, -0.1) is 0 Å². The van der Waals surface area contributed by atoms with Crippen molar-refractivity contribution in [1.82, 2.24) is 19.9 Å². The Bertz CT molecular complexity index is 3180. The molecule has 266 valence electrons. The van der Waals surface area contributed by atoms with E-state index in [0.717, 1.165) is 61.6 Å². The van der Waals surface area contributed by atoms with Crippen molar-refractivity contribution >= 4 is 71.4 Å². The minimum atomic E-state index is 0.842. The summed E-state index contributed by atoms with van der Waals surface area (Å²) in [6.07, 6.45) is 3.70. The van der Waals surface area contributed by atoms with Gasteiger partial charge in [-0.25, -0.2) is 9.97 Å². The molecule has 2 heterocycles. The molecular formula is C52H33N5. The summed E-state index contributed by atoms with van der Waals surface area (Å²) in [4.78, 5) is 21.4. The van der Waals surface area contributed by atoms with Crippen LogP contribution in [0.2, 0.25) is 0 Å². The molecule has 57 heavy (non-hydrogen) atoms. The van der Waals surface area contributed by atoms with Gasteiger partial charge in [-0.2, -0.15) is 0 Å². The van der Waals surface area contributed by atoms with E-state index in [4.69, 9.17) is 9.97 Å². The van der Waals surface area contributed by atoms with E-state index in [0.29, 0.717) is 0 Å². The van der Waals surface area contributed by atoms with E-state index in [9.17, 15) is 0 Å². The van der Waals surface area contributed by atoms with Gasteiger partial charge in [0.1, 0.15) is 0 Å². The molecule has 0 saturated heterocycles. The van der Waals surface area contributed by atoms with Crippen LogP contribution in [0.4, 0.5) is 17.1 Å². The fourth-order valence-corrected chi connectivity index (χ4v) is 7.95. The zero-order valence-electron chi connectivity index (χ0n) is 30.8. The molecule has 2 aromatic heterocycles. The lowest BCUT2D eigenvalue weighted by molar-refractivity contribution is 1.27. The fourth-order valence-electron chi connectivity index (χ4n) is 7.95. The summed E-state index contributed by atoms with van der Waals surface area (Å²) in [6.45, 7) is 0. The summed E-state index contributed by atoms with van der Waals surface area (Å²) in [5.41, 5.74) is 12.8. The van der Waals surface area contributed by atoms with Crippen molar-refractivity contribution in [2.45, 2.75) is 0 Å². The lowest BCUT2D eigenvalue weighted by Gasteiger charge is -2.26. The summed E-state index contributed by atoms with van der Waals surface area (Å²) in [6, 6.07) is 66.4. The van der Waals surface area contributed by atoms with Crippen molar-refractivity contribution in [3.63, 3.8) is 0 Å². The highest BCUT2D eigenvalue weighted by atomic mass is 15.1. The molecule has 0 saturated carbocycles. The zero-order chi connectivity index (χ0) is 37.7. The standard InChI is InChI=1S/C52H33N5/c1-2-8-37-29-38(14-13-34(37)7-1)39-21-27-45-40(30-39)15-16-41-31-44(26-28-46(41)45)57(42-22-17-35(18-23-42)51-32-53-47-9-3-5-11-49(47)55-51)43-24-19-36(20-25-43)52-33-54-48-10-4-6-12-50(48)56-52/h1-33H. The second kappa shape index (κ2) is 13.5. The number of hydrogen-bond acceptors (Lipinski definition) is 5. The third-order valence-electron chi connectivity index (χ3n) is 10.9. The Hall–Kier alpha value is -7.76. The predicted molar refractivity (Wildman–Crippen MR) is 236 cm³/mol. The maximum Gasteiger partial charge on any atom is 0.0894 e. The van der Waals surface area contributed by atoms with Crippen molar-refractivity contribution in [3.8, 4) is 33.6 Å². The molecule has 11 aromatic rings. The highest BCUT2D eigenvalue weighted by Crippen LogP contribution is 2.39. The summed E-state index contributed by atoms with van der Waals surface area (Å²) >= 11 is 0. The average molecular weight is 728 g/mol. The van der Waals surface area contributed by atoms with E-state index in [1.165, 1.54) is 43.4 Å². The number of benzene rings is 9. The highest BCUT2D eigenvalue weighted by molar-refractivity contribution is 6.09. The molecule has 5 nitrogen and oxygen atoms in total. The second-order valence-electron chi connectivity index (χ2n) is 14.4. The number of aromatic nitrogens is 4. The Labute approximate surface area is 329 Å². The van der Waals surface area contributed by atoms with E-state index in [-0.39, 0.29) is 0 Å². The van der Waals surface area contributed by atoms with Crippen LogP contribution in [-0.2, 0) is 0 Å². The van der Waals surface area contributed by atoms with Crippen LogP contribution in [-0.4, -0.2) is 19.9 Å². The Morgan fingerprint density at radius 3 is 1.32 bits per heavy atom.